The Hall–Kier alpha value is -4.66. The van der Waals surface area contributed by atoms with Gasteiger partial charge in [-0.05, 0) is 81.6 Å². The van der Waals surface area contributed by atoms with Crippen LogP contribution in [0.5, 0.6) is 5.88 Å². The Morgan fingerprint density at radius 3 is 2.49 bits per heavy atom. The van der Waals surface area contributed by atoms with E-state index in [0.29, 0.717) is 46.5 Å². The number of carbonyl (C=O) groups excluding carboxylic acids is 2. The molecular formula is C32H34FN3O5. The highest BCUT2D eigenvalue weighted by Gasteiger charge is 2.20. The number of aromatic nitrogens is 1. The fraction of sp³-hybridized carbons (Fsp3) is 0.281. The van der Waals surface area contributed by atoms with E-state index in [1.165, 1.54) is 12.1 Å². The first-order valence-corrected chi connectivity index (χ1v) is 13.4. The van der Waals surface area contributed by atoms with Gasteiger partial charge in [0.1, 0.15) is 11.4 Å². The summed E-state index contributed by atoms with van der Waals surface area (Å²) in [5.74, 6) is -0.843. The molecule has 0 aliphatic rings. The third kappa shape index (κ3) is 7.94. The second-order valence-electron chi connectivity index (χ2n) is 10.5. The lowest BCUT2D eigenvalue weighted by atomic mass is 9.97. The van der Waals surface area contributed by atoms with Gasteiger partial charge in [0.15, 0.2) is 5.88 Å². The molecule has 3 N–H and O–H groups in total. The molecular weight excluding hydrogens is 525 g/mol. The van der Waals surface area contributed by atoms with E-state index in [2.05, 4.69) is 10.3 Å². The van der Waals surface area contributed by atoms with Gasteiger partial charge in [0.2, 0.25) is 0 Å². The van der Waals surface area contributed by atoms with Crippen molar-refractivity contribution in [2.24, 2.45) is 4.99 Å². The molecule has 1 aromatic heterocycles. The van der Waals surface area contributed by atoms with E-state index in [1.807, 2.05) is 48.5 Å². The zero-order valence-electron chi connectivity index (χ0n) is 23.6. The molecule has 0 saturated heterocycles. The number of rotatable bonds is 9. The van der Waals surface area contributed by atoms with Crippen LogP contribution >= 0.6 is 0 Å². The number of aromatic hydroxyl groups is 1. The standard InChI is InChI=1S/C32H34FN3O5/c1-5-40-27(37)16-11-20-7-6-8-22(17-20)29(28-25-15-12-23(33)18-26(25)36-30(28)38)35-24-13-9-21(10-14-24)19-34-31(39)41-32(2,3)4/h6-10,12-15,17-18,36,38H,5,11,16,19H2,1-4H3,(H,34,39). The van der Waals surface area contributed by atoms with Crippen molar-refractivity contribution in [3.8, 4) is 5.88 Å². The molecule has 1 heterocycles. The summed E-state index contributed by atoms with van der Waals surface area (Å²) in [6.45, 7) is 7.78. The average Bonchev–Trinajstić information content (AvgIpc) is 3.23. The lowest BCUT2D eigenvalue weighted by Gasteiger charge is -2.19. The number of amides is 1. The summed E-state index contributed by atoms with van der Waals surface area (Å²) in [5, 5.41) is 14.3. The monoisotopic (exact) mass is 559 g/mol. The molecule has 0 saturated carbocycles. The molecule has 214 valence electrons. The lowest BCUT2D eigenvalue weighted by Crippen LogP contribution is -2.32. The minimum atomic E-state index is -0.588. The summed E-state index contributed by atoms with van der Waals surface area (Å²) in [6, 6.07) is 19.1. The highest BCUT2D eigenvalue weighted by Crippen LogP contribution is 2.32. The summed E-state index contributed by atoms with van der Waals surface area (Å²) in [5.41, 5.74) is 3.81. The van der Waals surface area contributed by atoms with Crippen LogP contribution in [0.2, 0.25) is 0 Å². The van der Waals surface area contributed by atoms with Crippen LogP contribution in [0.15, 0.2) is 71.7 Å². The van der Waals surface area contributed by atoms with Crippen molar-refractivity contribution in [2.45, 2.75) is 52.7 Å². The van der Waals surface area contributed by atoms with Crippen LogP contribution in [-0.4, -0.2) is 40.1 Å². The number of H-pyrrole nitrogens is 1. The number of nitrogens with zero attached hydrogens (tertiary/aromatic N) is 1. The summed E-state index contributed by atoms with van der Waals surface area (Å²) in [7, 11) is 0. The fourth-order valence-corrected chi connectivity index (χ4v) is 4.32. The first kappa shape index (κ1) is 29.3. The van der Waals surface area contributed by atoms with Crippen LogP contribution in [0.4, 0.5) is 14.9 Å². The maximum atomic E-state index is 13.9. The Morgan fingerprint density at radius 1 is 1.02 bits per heavy atom. The Bertz CT molecular complexity index is 1570. The maximum absolute atomic E-state index is 13.9. The highest BCUT2D eigenvalue weighted by molar-refractivity contribution is 6.22. The zero-order valence-corrected chi connectivity index (χ0v) is 23.6. The van der Waals surface area contributed by atoms with Crippen LogP contribution in [0.1, 0.15) is 56.4 Å². The van der Waals surface area contributed by atoms with Crippen LogP contribution in [0.25, 0.3) is 10.9 Å². The zero-order chi connectivity index (χ0) is 29.6. The van der Waals surface area contributed by atoms with Gasteiger partial charge >= 0.3 is 12.1 Å². The molecule has 0 fully saturated rings. The van der Waals surface area contributed by atoms with Gasteiger partial charge in [0.05, 0.1) is 29.1 Å². The highest BCUT2D eigenvalue weighted by atomic mass is 19.1. The number of hydrogen-bond acceptors (Lipinski definition) is 6. The van der Waals surface area contributed by atoms with Crippen molar-refractivity contribution >= 4 is 34.4 Å². The number of esters is 1. The number of aliphatic imine (C=N–C) groups is 1. The van der Waals surface area contributed by atoms with Gasteiger partial charge in [0.25, 0.3) is 0 Å². The Kier molecular flexibility index (Phi) is 9.07. The van der Waals surface area contributed by atoms with E-state index in [9.17, 15) is 19.1 Å². The SMILES string of the molecule is CCOC(=O)CCc1cccc(C(=Nc2ccc(CNC(=O)OC(C)(C)C)cc2)c2c(O)[nH]c3cc(F)ccc23)c1. The normalized spacial score (nSPS) is 11.9. The van der Waals surface area contributed by atoms with E-state index >= 15 is 0 Å². The fourth-order valence-electron chi connectivity index (χ4n) is 4.32. The Balaban J connectivity index is 1.68. The van der Waals surface area contributed by atoms with E-state index < -0.39 is 17.5 Å². The quantitative estimate of drug-likeness (QED) is 0.156. The number of halogens is 1. The minimum absolute atomic E-state index is 0.139. The number of benzene rings is 3. The van der Waals surface area contributed by atoms with Crippen LogP contribution < -0.4 is 5.32 Å². The number of aromatic amines is 1. The van der Waals surface area contributed by atoms with Gasteiger partial charge in [0, 0.05) is 23.9 Å². The van der Waals surface area contributed by atoms with Crippen molar-refractivity contribution in [1.29, 1.82) is 0 Å². The van der Waals surface area contributed by atoms with E-state index in [0.717, 1.165) is 11.1 Å². The van der Waals surface area contributed by atoms with Gasteiger partial charge in [-0.1, -0.05) is 30.3 Å². The Morgan fingerprint density at radius 2 is 1.78 bits per heavy atom. The van der Waals surface area contributed by atoms with Crippen molar-refractivity contribution in [3.05, 3.63) is 94.8 Å². The first-order chi connectivity index (χ1) is 19.5. The number of hydrogen-bond donors (Lipinski definition) is 3. The lowest BCUT2D eigenvalue weighted by molar-refractivity contribution is -0.143. The van der Waals surface area contributed by atoms with Crippen LogP contribution in [0.3, 0.4) is 0 Å². The molecule has 4 rings (SSSR count). The van der Waals surface area contributed by atoms with Crippen molar-refractivity contribution < 1.29 is 28.6 Å². The molecule has 9 heteroatoms. The van der Waals surface area contributed by atoms with E-state index in [4.69, 9.17) is 14.5 Å². The number of carbonyl (C=O) groups is 2. The molecule has 0 bridgehead atoms. The molecule has 0 unspecified atom stereocenters. The van der Waals surface area contributed by atoms with Gasteiger partial charge in [-0.3, -0.25) is 4.79 Å². The van der Waals surface area contributed by atoms with E-state index in [1.54, 1.807) is 33.8 Å². The second kappa shape index (κ2) is 12.7. The maximum Gasteiger partial charge on any atom is 0.407 e. The molecule has 41 heavy (non-hydrogen) atoms. The topological polar surface area (TPSA) is 113 Å². The predicted molar refractivity (Wildman–Crippen MR) is 156 cm³/mol. The van der Waals surface area contributed by atoms with Crippen LogP contribution in [0, 0.1) is 5.82 Å². The number of aryl methyl sites for hydroxylation is 1. The van der Waals surface area contributed by atoms with Gasteiger partial charge in [-0.2, -0.15) is 0 Å². The number of ether oxygens (including phenoxy) is 2. The molecule has 0 atom stereocenters. The summed E-state index contributed by atoms with van der Waals surface area (Å²) in [4.78, 5) is 31.7. The molecule has 0 spiro atoms. The third-order valence-electron chi connectivity index (χ3n) is 6.11. The summed E-state index contributed by atoms with van der Waals surface area (Å²) < 4.78 is 24.3. The van der Waals surface area contributed by atoms with Crippen molar-refractivity contribution in [1.82, 2.24) is 10.3 Å². The predicted octanol–water partition coefficient (Wildman–Crippen LogP) is 6.70. The van der Waals surface area contributed by atoms with Gasteiger partial charge in [-0.25, -0.2) is 14.2 Å². The van der Waals surface area contributed by atoms with Crippen molar-refractivity contribution in [2.75, 3.05) is 6.61 Å². The van der Waals surface area contributed by atoms with Crippen molar-refractivity contribution in [3.63, 3.8) is 0 Å². The largest absolute Gasteiger partial charge is 0.494 e. The van der Waals surface area contributed by atoms with Gasteiger partial charge < -0.3 is 24.9 Å². The molecule has 0 aliphatic heterocycles. The molecule has 8 nitrogen and oxygen atoms in total. The Labute approximate surface area is 238 Å². The van der Waals surface area contributed by atoms with Gasteiger partial charge in [-0.15, -0.1) is 0 Å². The molecule has 4 aromatic rings. The number of alkyl carbamates (subject to hydrolysis) is 1. The number of nitrogens with one attached hydrogen (secondary N) is 2. The molecule has 1 amide bonds. The second-order valence-corrected chi connectivity index (χ2v) is 10.5. The smallest absolute Gasteiger partial charge is 0.407 e. The third-order valence-corrected chi connectivity index (χ3v) is 6.11. The van der Waals surface area contributed by atoms with Crippen LogP contribution in [-0.2, 0) is 27.2 Å². The molecule has 3 aromatic carbocycles. The summed E-state index contributed by atoms with van der Waals surface area (Å²) >= 11 is 0. The first-order valence-electron chi connectivity index (χ1n) is 13.4. The average molecular weight is 560 g/mol. The van der Waals surface area contributed by atoms with E-state index in [-0.39, 0.29) is 24.8 Å². The minimum Gasteiger partial charge on any atom is -0.494 e. The molecule has 0 radical (unpaired) electrons. The molecule has 0 aliphatic carbocycles. The number of fused-ring (bicyclic) bond motifs is 1. The summed E-state index contributed by atoms with van der Waals surface area (Å²) in [6.07, 6.45) is 0.209.